The number of nitrogen functional groups attached to an aromatic ring is 1. The maximum absolute atomic E-state index is 6.40. The third-order valence-corrected chi connectivity index (χ3v) is 6.85. The molecular weight excluding hydrogens is 473 g/mol. The van der Waals surface area contributed by atoms with Gasteiger partial charge in [0.2, 0.25) is 0 Å². The van der Waals surface area contributed by atoms with Gasteiger partial charge in [-0.25, -0.2) is 4.98 Å². The van der Waals surface area contributed by atoms with Crippen LogP contribution in [0.4, 0.5) is 5.82 Å². The summed E-state index contributed by atoms with van der Waals surface area (Å²) < 4.78 is 7.09. The molecule has 0 radical (unpaired) electrons. The Morgan fingerprint density at radius 2 is 1.94 bits per heavy atom. The van der Waals surface area contributed by atoms with Gasteiger partial charge in [-0.15, -0.1) is 5.10 Å². The van der Waals surface area contributed by atoms with Crippen molar-refractivity contribution in [2.24, 2.45) is 0 Å². The Bertz CT molecular complexity index is 1310. The molecule has 0 amide bonds. The molecule has 2 aromatic heterocycles. The van der Waals surface area contributed by atoms with Gasteiger partial charge in [0.25, 0.3) is 0 Å². The Kier molecular flexibility index (Phi) is 6.47. The Balaban J connectivity index is 1.45. The second kappa shape index (κ2) is 9.68. The molecule has 2 N–H and O–H groups in total. The minimum absolute atomic E-state index is 0.197. The summed E-state index contributed by atoms with van der Waals surface area (Å²) in [5.41, 5.74) is 10.5. The Morgan fingerprint density at radius 1 is 1.12 bits per heavy atom. The Hall–Kier alpha value is -3.04. The van der Waals surface area contributed by atoms with Crippen molar-refractivity contribution in [3.05, 3.63) is 70.3 Å². The summed E-state index contributed by atoms with van der Waals surface area (Å²) in [7, 11) is 1.77. The number of nitrogens with zero attached hydrogens (tertiary/aromatic N) is 6. The molecule has 5 rings (SSSR count). The molecule has 2 aromatic carbocycles. The number of ether oxygens (including phenoxy) is 1. The van der Waals surface area contributed by atoms with E-state index >= 15 is 0 Å². The maximum Gasteiger partial charge on any atom is 0.190 e. The van der Waals surface area contributed by atoms with Gasteiger partial charge in [0.15, 0.2) is 5.82 Å². The first kappa shape index (κ1) is 22.7. The van der Waals surface area contributed by atoms with Gasteiger partial charge in [-0.2, -0.15) is 4.68 Å². The summed E-state index contributed by atoms with van der Waals surface area (Å²) in [5.74, 6) is 0.737. The van der Waals surface area contributed by atoms with Crippen LogP contribution in [0.3, 0.4) is 0 Å². The highest BCUT2D eigenvalue weighted by atomic mass is 35.5. The number of hydrogen-bond acceptors (Lipinski definition) is 7. The zero-order valence-corrected chi connectivity index (χ0v) is 20.0. The number of tetrazole rings is 1. The van der Waals surface area contributed by atoms with E-state index in [1.807, 2.05) is 6.07 Å². The van der Waals surface area contributed by atoms with Crippen molar-refractivity contribution in [3.8, 4) is 28.2 Å². The molecule has 1 unspecified atom stereocenters. The van der Waals surface area contributed by atoms with Crippen molar-refractivity contribution in [2.45, 2.75) is 25.6 Å². The van der Waals surface area contributed by atoms with Gasteiger partial charge in [-0.05, 0) is 52.6 Å². The number of halogens is 2. The Morgan fingerprint density at radius 3 is 2.74 bits per heavy atom. The summed E-state index contributed by atoms with van der Waals surface area (Å²) in [6, 6.07) is 15.6. The lowest BCUT2D eigenvalue weighted by Crippen LogP contribution is -2.30. The number of pyridine rings is 1. The number of anilines is 1. The highest BCUT2D eigenvalue weighted by Gasteiger charge is 2.24. The topological polar surface area (TPSA) is 95.0 Å². The summed E-state index contributed by atoms with van der Waals surface area (Å²) in [5, 5.41) is 12.9. The van der Waals surface area contributed by atoms with Crippen molar-refractivity contribution in [2.75, 3.05) is 19.4 Å². The van der Waals surface area contributed by atoms with E-state index in [1.165, 1.54) is 10.2 Å². The molecule has 4 aromatic rings. The van der Waals surface area contributed by atoms with E-state index in [9.17, 15) is 0 Å². The van der Waals surface area contributed by atoms with Gasteiger partial charge in [0.1, 0.15) is 12.0 Å². The second-order valence-corrected chi connectivity index (χ2v) is 8.93. The van der Waals surface area contributed by atoms with Crippen LogP contribution in [0.2, 0.25) is 10.0 Å². The summed E-state index contributed by atoms with van der Waals surface area (Å²) in [6.45, 7) is 1.91. The number of aromatic nitrogens is 5. The number of likely N-dealkylation sites (tertiary alicyclic amines) is 1. The zero-order chi connectivity index (χ0) is 23.7. The largest absolute Gasteiger partial charge is 0.383 e. The number of methoxy groups -OCH3 is 1. The minimum Gasteiger partial charge on any atom is -0.383 e. The van der Waals surface area contributed by atoms with E-state index in [-0.39, 0.29) is 6.23 Å². The van der Waals surface area contributed by atoms with Crippen LogP contribution in [0.15, 0.2) is 54.7 Å². The van der Waals surface area contributed by atoms with Crippen LogP contribution in [0, 0.1) is 0 Å². The quantitative estimate of drug-likeness (QED) is 0.408. The first-order valence-corrected chi connectivity index (χ1v) is 11.7. The molecule has 0 saturated carbocycles. The van der Waals surface area contributed by atoms with Gasteiger partial charge in [-0.3, -0.25) is 4.90 Å². The SMILES string of the molecule is COC1CCCN1Cc1ccc(-c2cnc(N)c(-c3nnnn3-c3cccc(Cl)c3Cl)c2)cc1. The molecule has 1 atom stereocenters. The van der Waals surface area contributed by atoms with Crippen molar-refractivity contribution in [1.82, 2.24) is 30.1 Å². The molecule has 0 bridgehead atoms. The normalized spacial score (nSPS) is 16.3. The lowest BCUT2D eigenvalue weighted by molar-refractivity contribution is -0.00814. The molecule has 1 aliphatic heterocycles. The van der Waals surface area contributed by atoms with Gasteiger partial charge < -0.3 is 10.5 Å². The number of rotatable bonds is 6. The third kappa shape index (κ3) is 4.37. The van der Waals surface area contributed by atoms with Crippen molar-refractivity contribution < 1.29 is 4.74 Å². The first-order valence-electron chi connectivity index (χ1n) is 10.9. The minimum atomic E-state index is 0.197. The average Bonchev–Trinajstić information content (AvgIpc) is 3.51. The van der Waals surface area contributed by atoms with Crippen LogP contribution in [-0.2, 0) is 11.3 Å². The molecule has 1 fully saturated rings. The first-order chi connectivity index (χ1) is 16.5. The molecule has 10 heteroatoms. The molecule has 1 saturated heterocycles. The van der Waals surface area contributed by atoms with Crippen LogP contribution >= 0.6 is 23.2 Å². The van der Waals surface area contributed by atoms with Gasteiger partial charge in [0.05, 0.1) is 21.3 Å². The molecule has 3 heterocycles. The van der Waals surface area contributed by atoms with Gasteiger partial charge in [-0.1, -0.05) is 53.5 Å². The fourth-order valence-electron chi connectivity index (χ4n) is 4.27. The highest BCUT2D eigenvalue weighted by molar-refractivity contribution is 6.43. The molecular formula is C24H23Cl2N7O. The second-order valence-electron chi connectivity index (χ2n) is 8.14. The number of benzene rings is 2. The van der Waals surface area contributed by atoms with E-state index in [0.717, 1.165) is 37.1 Å². The smallest absolute Gasteiger partial charge is 0.190 e. The third-order valence-electron chi connectivity index (χ3n) is 6.04. The fraction of sp³-hybridized carbons (Fsp3) is 0.250. The maximum atomic E-state index is 6.40. The fourth-order valence-corrected chi connectivity index (χ4v) is 4.64. The van der Waals surface area contributed by atoms with Crippen LogP contribution in [-0.4, -0.2) is 50.0 Å². The molecule has 0 aliphatic carbocycles. The lowest BCUT2D eigenvalue weighted by Gasteiger charge is -2.23. The van der Waals surface area contributed by atoms with Gasteiger partial charge in [0, 0.05) is 32.0 Å². The lowest BCUT2D eigenvalue weighted by atomic mass is 10.0. The molecule has 34 heavy (non-hydrogen) atoms. The van der Waals surface area contributed by atoms with Crippen LogP contribution in [0.5, 0.6) is 0 Å². The predicted octanol–water partition coefficient (Wildman–Crippen LogP) is 4.85. The number of nitrogens with two attached hydrogens (primary N) is 1. The van der Waals surface area contributed by atoms with E-state index in [2.05, 4.69) is 49.7 Å². The average molecular weight is 496 g/mol. The van der Waals surface area contributed by atoms with Crippen LogP contribution < -0.4 is 5.73 Å². The summed E-state index contributed by atoms with van der Waals surface area (Å²) in [4.78, 5) is 6.76. The molecule has 1 aliphatic rings. The van der Waals surface area contributed by atoms with Gasteiger partial charge >= 0.3 is 0 Å². The zero-order valence-electron chi connectivity index (χ0n) is 18.5. The van der Waals surface area contributed by atoms with Crippen molar-refractivity contribution >= 4 is 29.0 Å². The monoisotopic (exact) mass is 495 g/mol. The molecule has 0 spiro atoms. The van der Waals surface area contributed by atoms with E-state index in [0.29, 0.717) is 32.9 Å². The van der Waals surface area contributed by atoms with E-state index < -0.39 is 0 Å². The summed E-state index contributed by atoms with van der Waals surface area (Å²) in [6.07, 6.45) is 4.18. The standard InChI is InChI=1S/C24H23Cl2N7O/c1-34-21-6-3-11-32(21)14-15-7-9-16(10-8-15)17-12-18(23(27)28-13-17)24-29-30-31-33(24)20-5-2-4-19(25)22(20)26/h2,4-5,7-10,12-13,21H,3,6,11,14H2,1H3,(H2,27,28). The van der Waals surface area contributed by atoms with Crippen molar-refractivity contribution in [1.29, 1.82) is 0 Å². The highest BCUT2D eigenvalue weighted by Crippen LogP contribution is 2.33. The molecule has 8 nitrogen and oxygen atoms in total. The summed E-state index contributed by atoms with van der Waals surface area (Å²) >= 11 is 12.6. The van der Waals surface area contributed by atoms with Crippen LogP contribution in [0.1, 0.15) is 18.4 Å². The Labute approximate surface area is 207 Å². The number of hydrogen-bond donors (Lipinski definition) is 1. The van der Waals surface area contributed by atoms with E-state index in [4.69, 9.17) is 33.7 Å². The predicted molar refractivity (Wildman–Crippen MR) is 133 cm³/mol. The van der Waals surface area contributed by atoms with Crippen molar-refractivity contribution in [3.63, 3.8) is 0 Å². The van der Waals surface area contributed by atoms with Crippen LogP contribution in [0.25, 0.3) is 28.2 Å². The van der Waals surface area contributed by atoms with E-state index in [1.54, 1.807) is 31.5 Å². The molecule has 174 valence electrons.